The van der Waals surface area contributed by atoms with Gasteiger partial charge in [-0.05, 0) is 30.7 Å². The molecule has 0 spiro atoms. The number of halogens is 1. The van der Waals surface area contributed by atoms with Gasteiger partial charge in [0.05, 0.1) is 11.0 Å². The highest BCUT2D eigenvalue weighted by atomic mass is 79.9. The zero-order chi connectivity index (χ0) is 11.8. The van der Waals surface area contributed by atoms with Crippen molar-refractivity contribution in [3.8, 4) is 11.4 Å². The fraction of sp³-hybridized carbons (Fsp3) is 0.0714. The summed E-state index contributed by atoms with van der Waals surface area (Å²) >= 11 is 3.43. The maximum absolute atomic E-state index is 4.64. The average Bonchev–Trinajstić information content (AvgIpc) is 2.75. The van der Waals surface area contributed by atoms with Crippen LogP contribution >= 0.6 is 15.9 Å². The van der Waals surface area contributed by atoms with Gasteiger partial charge in [0.1, 0.15) is 5.82 Å². The van der Waals surface area contributed by atoms with Crippen LogP contribution in [0.2, 0.25) is 0 Å². The monoisotopic (exact) mass is 286 g/mol. The number of nitrogens with one attached hydrogen (secondary N) is 1. The number of hydrogen-bond acceptors (Lipinski definition) is 1. The van der Waals surface area contributed by atoms with E-state index < -0.39 is 0 Å². The van der Waals surface area contributed by atoms with Gasteiger partial charge in [-0.25, -0.2) is 4.98 Å². The number of benzene rings is 2. The molecular formula is C14H11BrN2. The number of aromatic amines is 1. The summed E-state index contributed by atoms with van der Waals surface area (Å²) in [6.45, 7) is 2.08. The van der Waals surface area contributed by atoms with Gasteiger partial charge in [-0.1, -0.05) is 40.2 Å². The van der Waals surface area contributed by atoms with Gasteiger partial charge in [-0.2, -0.15) is 0 Å². The number of H-pyrrole nitrogens is 1. The molecule has 0 aliphatic rings. The standard InChI is InChI=1S/C14H11BrN2/c1-9-3-2-4-12-13(9)17-14(16-12)10-5-7-11(15)8-6-10/h2-8H,1H3,(H,16,17). The highest BCUT2D eigenvalue weighted by Gasteiger charge is 2.06. The number of aryl methyl sites for hydroxylation is 1. The number of rotatable bonds is 1. The minimum atomic E-state index is 0.918. The van der Waals surface area contributed by atoms with E-state index in [4.69, 9.17) is 0 Å². The Morgan fingerprint density at radius 2 is 1.82 bits per heavy atom. The van der Waals surface area contributed by atoms with Crippen LogP contribution in [0.15, 0.2) is 46.9 Å². The molecule has 84 valence electrons. The van der Waals surface area contributed by atoms with Crippen LogP contribution < -0.4 is 0 Å². The third kappa shape index (κ3) is 1.87. The maximum atomic E-state index is 4.64. The lowest BCUT2D eigenvalue weighted by Crippen LogP contribution is -1.79. The summed E-state index contributed by atoms with van der Waals surface area (Å²) in [6, 6.07) is 14.3. The topological polar surface area (TPSA) is 28.7 Å². The molecule has 2 nitrogen and oxygen atoms in total. The summed E-state index contributed by atoms with van der Waals surface area (Å²) in [5.41, 5.74) is 4.43. The van der Waals surface area contributed by atoms with Gasteiger partial charge in [-0.3, -0.25) is 0 Å². The number of nitrogens with zero attached hydrogens (tertiary/aromatic N) is 1. The molecule has 0 saturated heterocycles. The normalized spacial score (nSPS) is 10.9. The third-order valence-corrected chi connectivity index (χ3v) is 3.36. The molecule has 0 radical (unpaired) electrons. The summed E-state index contributed by atoms with van der Waals surface area (Å²) in [7, 11) is 0. The third-order valence-electron chi connectivity index (χ3n) is 2.83. The first kappa shape index (κ1) is 10.5. The molecule has 3 aromatic rings. The van der Waals surface area contributed by atoms with E-state index in [1.165, 1.54) is 5.56 Å². The Kier molecular flexibility index (Phi) is 2.48. The van der Waals surface area contributed by atoms with Crippen LogP contribution in [0, 0.1) is 6.92 Å². The van der Waals surface area contributed by atoms with Crippen molar-refractivity contribution in [3.05, 3.63) is 52.5 Å². The van der Waals surface area contributed by atoms with Crippen molar-refractivity contribution in [2.24, 2.45) is 0 Å². The van der Waals surface area contributed by atoms with E-state index in [1.54, 1.807) is 0 Å². The van der Waals surface area contributed by atoms with Gasteiger partial charge in [0.2, 0.25) is 0 Å². The number of fused-ring (bicyclic) bond motifs is 1. The SMILES string of the molecule is Cc1cccc2[nH]c(-c3ccc(Br)cc3)nc12. The highest BCUT2D eigenvalue weighted by Crippen LogP contribution is 2.23. The molecule has 0 unspecified atom stereocenters. The number of para-hydroxylation sites is 1. The first-order chi connectivity index (χ1) is 8.24. The van der Waals surface area contributed by atoms with Gasteiger partial charge in [0.25, 0.3) is 0 Å². The van der Waals surface area contributed by atoms with Gasteiger partial charge in [0.15, 0.2) is 0 Å². The molecule has 1 aromatic heterocycles. The molecule has 1 heterocycles. The van der Waals surface area contributed by atoms with Crippen molar-refractivity contribution >= 4 is 27.0 Å². The summed E-state index contributed by atoms with van der Waals surface area (Å²) in [4.78, 5) is 7.99. The van der Waals surface area contributed by atoms with E-state index in [-0.39, 0.29) is 0 Å². The van der Waals surface area contributed by atoms with Crippen molar-refractivity contribution in [1.29, 1.82) is 0 Å². The van der Waals surface area contributed by atoms with E-state index in [0.717, 1.165) is 26.9 Å². The zero-order valence-electron chi connectivity index (χ0n) is 9.37. The number of hydrogen-bond donors (Lipinski definition) is 1. The Balaban J connectivity index is 2.18. The van der Waals surface area contributed by atoms with E-state index in [0.29, 0.717) is 0 Å². The molecule has 3 heteroatoms. The maximum Gasteiger partial charge on any atom is 0.138 e. The Bertz CT molecular complexity index is 668. The second kappa shape index (κ2) is 4.00. The molecule has 0 fully saturated rings. The van der Waals surface area contributed by atoms with Crippen molar-refractivity contribution in [2.75, 3.05) is 0 Å². The fourth-order valence-electron chi connectivity index (χ4n) is 1.92. The van der Waals surface area contributed by atoms with Gasteiger partial charge < -0.3 is 4.98 Å². The molecule has 0 aliphatic carbocycles. The first-order valence-electron chi connectivity index (χ1n) is 5.45. The minimum Gasteiger partial charge on any atom is -0.338 e. The smallest absolute Gasteiger partial charge is 0.138 e. The van der Waals surface area contributed by atoms with Crippen LogP contribution in [0.3, 0.4) is 0 Å². The highest BCUT2D eigenvalue weighted by molar-refractivity contribution is 9.10. The zero-order valence-corrected chi connectivity index (χ0v) is 11.0. The summed E-state index contributed by atoms with van der Waals surface area (Å²) in [5, 5.41) is 0. The minimum absolute atomic E-state index is 0.918. The molecule has 3 rings (SSSR count). The van der Waals surface area contributed by atoms with Crippen LogP contribution in [-0.2, 0) is 0 Å². The number of aromatic nitrogens is 2. The van der Waals surface area contributed by atoms with Gasteiger partial charge in [-0.15, -0.1) is 0 Å². The number of imidazole rings is 1. The molecule has 0 bridgehead atoms. The molecule has 0 aliphatic heterocycles. The van der Waals surface area contributed by atoms with Gasteiger partial charge >= 0.3 is 0 Å². The van der Waals surface area contributed by atoms with E-state index >= 15 is 0 Å². The Hall–Kier alpha value is -1.61. The molecule has 2 aromatic carbocycles. The Morgan fingerprint density at radius 3 is 2.53 bits per heavy atom. The summed E-state index contributed by atoms with van der Waals surface area (Å²) in [6.07, 6.45) is 0. The lowest BCUT2D eigenvalue weighted by Gasteiger charge is -1.95. The van der Waals surface area contributed by atoms with Crippen LogP contribution in [-0.4, -0.2) is 9.97 Å². The van der Waals surface area contributed by atoms with Crippen molar-refractivity contribution < 1.29 is 0 Å². The van der Waals surface area contributed by atoms with Crippen molar-refractivity contribution in [3.63, 3.8) is 0 Å². The molecule has 0 atom stereocenters. The Morgan fingerprint density at radius 1 is 1.06 bits per heavy atom. The Labute approximate surface area is 108 Å². The summed E-state index contributed by atoms with van der Waals surface area (Å²) < 4.78 is 1.08. The second-order valence-corrected chi connectivity index (χ2v) is 4.98. The predicted molar refractivity (Wildman–Crippen MR) is 74.0 cm³/mol. The van der Waals surface area contributed by atoms with Crippen LogP contribution in [0.5, 0.6) is 0 Å². The van der Waals surface area contributed by atoms with Crippen molar-refractivity contribution in [1.82, 2.24) is 9.97 Å². The quantitative estimate of drug-likeness (QED) is 0.710. The predicted octanol–water partition coefficient (Wildman–Crippen LogP) is 4.30. The van der Waals surface area contributed by atoms with Crippen LogP contribution in [0.25, 0.3) is 22.4 Å². The fourth-order valence-corrected chi connectivity index (χ4v) is 2.18. The summed E-state index contributed by atoms with van der Waals surface area (Å²) in [5.74, 6) is 0.918. The van der Waals surface area contributed by atoms with Crippen molar-refractivity contribution in [2.45, 2.75) is 6.92 Å². The van der Waals surface area contributed by atoms with Gasteiger partial charge in [0, 0.05) is 10.0 Å². The molecule has 0 saturated carbocycles. The molecule has 0 amide bonds. The molecule has 17 heavy (non-hydrogen) atoms. The lowest BCUT2D eigenvalue weighted by atomic mass is 10.2. The van der Waals surface area contributed by atoms with E-state index in [9.17, 15) is 0 Å². The van der Waals surface area contributed by atoms with E-state index in [1.807, 2.05) is 18.2 Å². The average molecular weight is 287 g/mol. The molecule has 1 N–H and O–H groups in total. The van der Waals surface area contributed by atoms with Crippen LogP contribution in [0.1, 0.15) is 5.56 Å². The van der Waals surface area contributed by atoms with Crippen LogP contribution in [0.4, 0.5) is 0 Å². The lowest BCUT2D eigenvalue weighted by molar-refractivity contribution is 1.33. The second-order valence-electron chi connectivity index (χ2n) is 4.06. The molecular weight excluding hydrogens is 276 g/mol. The van der Waals surface area contributed by atoms with E-state index in [2.05, 4.69) is 57.1 Å². The first-order valence-corrected chi connectivity index (χ1v) is 6.24. The largest absolute Gasteiger partial charge is 0.338 e.